The molecule has 0 N–H and O–H groups in total. The molecule has 1 aliphatic rings. The van der Waals surface area contributed by atoms with E-state index in [1.54, 1.807) is 0 Å². The van der Waals surface area contributed by atoms with Crippen LogP contribution in [-0.4, -0.2) is 19.5 Å². The second-order valence-corrected chi connectivity index (χ2v) is 15.5. The molecule has 0 atom stereocenters. The molecule has 2 heterocycles. The van der Waals surface area contributed by atoms with E-state index >= 15 is 0 Å². The SMILES string of the molecule is c1ccc(-c2nc(-c3ccc4c5ccccc5n(-c5ccccc5)c4c3)nc(-c3cccc4cc5c(cc34)-c3ccccc3C5(c3ccccc3)c3ccccc3)n2)cc1. The lowest BCUT2D eigenvalue weighted by atomic mass is 9.67. The summed E-state index contributed by atoms with van der Waals surface area (Å²) in [6.07, 6.45) is 0. The van der Waals surface area contributed by atoms with Crippen molar-refractivity contribution < 1.29 is 0 Å². The van der Waals surface area contributed by atoms with E-state index in [1.807, 2.05) is 18.2 Å². The van der Waals surface area contributed by atoms with Crippen LogP contribution in [0.25, 0.3) is 83.6 Å². The van der Waals surface area contributed by atoms with E-state index in [0.29, 0.717) is 17.5 Å². The first kappa shape index (κ1) is 34.1. The van der Waals surface area contributed by atoms with Crippen LogP contribution >= 0.6 is 0 Å². The number of hydrogen-bond donors (Lipinski definition) is 0. The van der Waals surface area contributed by atoms with Crippen LogP contribution in [0.5, 0.6) is 0 Å². The topological polar surface area (TPSA) is 43.6 Å². The Bertz CT molecular complexity index is 3370. The van der Waals surface area contributed by atoms with E-state index in [4.69, 9.17) is 15.0 Å². The molecular formula is C56H36N4. The van der Waals surface area contributed by atoms with Crippen LogP contribution < -0.4 is 0 Å². The van der Waals surface area contributed by atoms with Gasteiger partial charge in [-0.3, -0.25) is 0 Å². The second kappa shape index (κ2) is 13.6. The van der Waals surface area contributed by atoms with Crippen molar-refractivity contribution in [2.45, 2.75) is 5.41 Å². The Balaban J connectivity index is 1.10. The fourth-order valence-corrected chi connectivity index (χ4v) is 9.72. The van der Waals surface area contributed by atoms with Crippen LogP contribution in [-0.2, 0) is 5.41 Å². The number of aromatic nitrogens is 4. The van der Waals surface area contributed by atoms with Gasteiger partial charge in [0.2, 0.25) is 0 Å². The molecule has 1 aliphatic carbocycles. The van der Waals surface area contributed by atoms with Crippen molar-refractivity contribution in [3.63, 3.8) is 0 Å². The molecule has 0 saturated heterocycles. The number of benzene rings is 9. The Morgan fingerprint density at radius 2 is 0.917 bits per heavy atom. The largest absolute Gasteiger partial charge is 0.309 e. The maximum Gasteiger partial charge on any atom is 0.164 e. The maximum absolute atomic E-state index is 5.34. The summed E-state index contributed by atoms with van der Waals surface area (Å²) in [4.78, 5) is 15.8. The molecule has 0 spiro atoms. The Labute approximate surface area is 347 Å². The van der Waals surface area contributed by atoms with Crippen molar-refractivity contribution in [3.8, 4) is 51.0 Å². The molecule has 11 aromatic rings. The zero-order valence-corrected chi connectivity index (χ0v) is 32.6. The third kappa shape index (κ3) is 5.14. The van der Waals surface area contributed by atoms with Gasteiger partial charge in [0.1, 0.15) is 0 Å². The summed E-state index contributed by atoms with van der Waals surface area (Å²) >= 11 is 0. The van der Waals surface area contributed by atoms with Gasteiger partial charge in [0.25, 0.3) is 0 Å². The highest BCUT2D eigenvalue weighted by atomic mass is 15.0. The van der Waals surface area contributed by atoms with Crippen LogP contribution in [0.15, 0.2) is 218 Å². The van der Waals surface area contributed by atoms with Crippen molar-refractivity contribution >= 4 is 32.6 Å². The molecule has 0 aliphatic heterocycles. The van der Waals surface area contributed by atoms with E-state index in [1.165, 1.54) is 44.2 Å². The molecule has 12 rings (SSSR count). The molecule has 4 nitrogen and oxygen atoms in total. The first-order chi connectivity index (χ1) is 29.8. The highest BCUT2D eigenvalue weighted by molar-refractivity contribution is 6.10. The van der Waals surface area contributed by atoms with Gasteiger partial charge in [-0.1, -0.05) is 182 Å². The lowest BCUT2D eigenvalue weighted by molar-refractivity contribution is 0.769. The van der Waals surface area contributed by atoms with Gasteiger partial charge < -0.3 is 4.57 Å². The predicted octanol–water partition coefficient (Wildman–Crippen LogP) is 13.5. The van der Waals surface area contributed by atoms with E-state index in [2.05, 4.69) is 205 Å². The Kier molecular flexibility index (Phi) is 7.72. The van der Waals surface area contributed by atoms with E-state index in [0.717, 1.165) is 44.2 Å². The molecule has 0 fully saturated rings. The molecule has 0 radical (unpaired) electrons. The van der Waals surface area contributed by atoms with Crippen molar-refractivity contribution in [1.29, 1.82) is 0 Å². The van der Waals surface area contributed by atoms with Gasteiger partial charge in [-0.25, -0.2) is 15.0 Å². The van der Waals surface area contributed by atoms with Gasteiger partial charge in [-0.15, -0.1) is 0 Å². The van der Waals surface area contributed by atoms with E-state index in [9.17, 15) is 0 Å². The van der Waals surface area contributed by atoms with Crippen molar-refractivity contribution in [3.05, 3.63) is 241 Å². The van der Waals surface area contributed by atoms with Gasteiger partial charge in [-0.05, 0) is 80.6 Å². The minimum atomic E-state index is -0.486. The predicted molar refractivity (Wildman–Crippen MR) is 245 cm³/mol. The Morgan fingerprint density at radius 1 is 0.333 bits per heavy atom. The van der Waals surface area contributed by atoms with Crippen molar-refractivity contribution in [2.75, 3.05) is 0 Å². The molecule has 0 unspecified atom stereocenters. The normalized spacial score (nSPS) is 12.8. The summed E-state index contributed by atoms with van der Waals surface area (Å²) in [6.45, 7) is 0. The standard InChI is InChI=1S/C56H36N4/c1-5-18-37(19-6-1)53-57-54(39-32-33-45-44-28-14-16-31-51(44)60(52(45)35-39)42-25-11-4-12-26-42)59-55(58-53)46-29-17-20-38-34-50-48(36-47(38)46)43-27-13-15-30-49(43)56(50,40-21-7-2-8-22-40)41-23-9-3-10-24-41/h1-36H. The van der Waals surface area contributed by atoms with Gasteiger partial charge in [0.05, 0.1) is 16.4 Å². The zero-order chi connectivity index (χ0) is 39.6. The number of rotatable bonds is 6. The van der Waals surface area contributed by atoms with Gasteiger partial charge in [-0.2, -0.15) is 0 Å². The van der Waals surface area contributed by atoms with Crippen molar-refractivity contribution in [1.82, 2.24) is 19.5 Å². The van der Waals surface area contributed by atoms with Gasteiger partial charge in [0.15, 0.2) is 17.5 Å². The summed E-state index contributed by atoms with van der Waals surface area (Å²) in [5.41, 5.74) is 13.2. The summed E-state index contributed by atoms with van der Waals surface area (Å²) in [6, 6.07) is 78.1. The summed E-state index contributed by atoms with van der Waals surface area (Å²) in [7, 11) is 0. The number of hydrogen-bond acceptors (Lipinski definition) is 3. The average Bonchev–Trinajstić information content (AvgIpc) is 3.81. The molecule has 0 amide bonds. The van der Waals surface area contributed by atoms with Crippen LogP contribution in [0.2, 0.25) is 0 Å². The van der Waals surface area contributed by atoms with E-state index in [-0.39, 0.29) is 0 Å². The molecule has 280 valence electrons. The Morgan fingerprint density at radius 3 is 1.67 bits per heavy atom. The van der Waals surface area contributed by atoms with Crippen LogP contribution in [0.1, 0.15) is 22.3 Å². The summed E-state index contributed by atoms with van der Waals surface area (Å²) < 4.78 is 2.34. The highest BCUT2D eigenvalue weighted by Crippen LogP contribution is 2.57. The molecule has 2 aromatic heterocycles. The lowest BCUT2D eigenvalue weighted by Gasteiger charge is -2.34. The van der Waals surface area contributed by atoms with Crippen molar-refractivity contribution in [2.24, 2.45) is 0 Å². The van der Waals surface area contributed by atoms with Gasteiger partial charge in [0, 0.05) is 33.2 Å². The first-order valence-electron chi connectivity index (χ1n) is 20.4. The maximum atomic E-state index is 5.34. The Hall–Kier alpha value is -7.95. The fourth-order valence-electron chi connectivity index (χ4n) is 9.72. The molecule has 60 heavy (non-hydrogen) atoms. The number of para-hydroxylation sites is 2. The molecule has 4 heteroatoms. The molecule has 0 saturated carbocycles. The first-order valence-corrected chi connectivity index (χ1v) is 20.4. The third-order valence-electron chi connectivity index (χ3n) is 12.3. The van der Waals surface area contributed by atoms with Crippen LogP contribution in [0, 0.1) is 0 Å². The van der Waals surface area contributed by atoms with Crippen LogP contribution in [0.4, 0.5) is 0 Å². The lowest BCUT2D eigenvalue weighted by Crippen LogP contribution is -2.28. The van der Waals surface area contributed by atoms with Gasteiger partial charge >= 0.3 is 0 Å². The monoisotopic (exact) mass is 764 g/mol. The summed E-state index contributed by atoms with van der Waals surface area (Å²) in [5, 5.41) is 4.62. The number of fused-ring (bicyclic) bond motifs is 7. The summed E-state index contributed by atoms with van der Waals surface area (Å²) in [5.74, 6) is 1.90. The number of nitrogens with zero attached hydrogens (tertiary/aromatic N) is 4. The fraction of sp³-hybridized carbons (Fsp3) is 0.0179. The smallest absolute Gasteiger partial charge is 0.164 e. The molecule has 0 bridgehead atoms. The van der Waals surface area contributed by atoms with E-state index < -0.39 is 5.41 Å². The quantitative estimate of drug-likeness (QED) is 0.169. The minimum Gasteiger partial charge on any atom is -0.309 e. The van der Waals surface area contributed by atoms with Crippen LogP contribution in [0.3, 0.4) is 0 Å². The molecule has 9 aromatic carbocycles. The molecular weight excluding hydrogens is 729 g/mol. The average molecular weight is 765 g/mol. The zero-order valence-electron chi connectivity index (χ0n) is 32.6. The second-order valence-electron chi connectivity index (χ2n) is 15.5. The minimum absolute atomic E-state index is 0.486. The highest BCUT2D eigenvalue weighted by Gasteiger charge is 2.46. The third-order valence-corrected chi connectivity index (χ3v) is 12.3.